The van der Waals surface area contributed by atoms with Crippen LogP contribution in [-0.4, -0.2) is 14.2 Å². The molecule has 13 heavy (non-hydrogen) atoms. The van der Waals surface area contributed by atoms with Crippen molar-refractivity contribution in [2.75, 3.05) is 14.2 Å². The van der Waals surface area contributed by atoms with Gasteiger partial charge in [-0.1, -0.05) is 0 Å². The summed E-state index contributed by atoms with van der Waals surface area (Å²) in [4.78, 5) is 0.244. The lowest BCUT2D eigenvalue weighted by molar-refractivity contribution is -0.791. The Hall–Kier alpha value is -1.85. The van der Waals surface area contributed by atoms with E-state index in [2.05, 4.69) is 0 Å². The third-order valence-electron chi connectivity index (χ3n) is 1.61. The number of rotatable bonds is 2. The van der Waals surface area contributed by atoms with Crippen molar-refractivity contribution in [3.8, 4) is 11.8 Å². The first-order valence-electron chi connectivity index (χ1n) is 3.50. The molecule has 2 aromatic heterocycles. The zero-order valence-electron chi connectivity index (χ0n) is 7.07. The monoisotopic (exact) mass is 185 g/mol. The average molecular weight is 185 g/mol. The van der Waals surface area contributed by atoms with Crippen LogP contribution in [0.3, 0.4) is 0 Å². The molecule has 0 aliphatic rings. The highest BCUT2D eigenvalue weighted by atomic mass is 16.8. The Morgan fingerprint density at radius 3 is 2.77 bits per heavy atom. The Balaban J connectivity index is 2.66. The van der Waals surface area contributed by atoms with Crippen LogP contribution < -0.4 is 14.4 Å². The first-order chi connectivity index (χ1) is 6.26. The summed E-state index contributed by atoms with van der Waals surface area (Å²) in [6.45, 7) is 0. The van der Waals surface area contributed by atoms with Crippen molar-refractivity contribution < 1.29 is 23.3 Å². The predicted octanol–water partition coefficient (Wildman–Crippen LogP) is 0.676. The largest absolute Gasteiger partial charge is 0.471 e. The molecule has 0 unspecified atom stereocenters. The molecule has 0 saturated carbocycles. The fourth-order valence-electron chi connectivity index (χ4n) is 1.05. The highest BCUT2D eigenvalue weighted by Crippen LogP contribution is 2.29. The molecule has 6 nitrogen and oxygen atoms in total. The molecule has 0 atom stereocenters. The molecule has 0 bridgehead atoms. The van der Waals surface area contributed by atoms with E-state index in [0.29, 0.717) is 5.58 Å². The van der Waals surface area contributed by atoms with Crippen molar-refractivity contribution in [1.29, 1.82) is 0 Å². The van der Waals surface area contributed by atoms with Gasteiger partial charge in [0.15, 0.2) is 0 Å². The van der Waals surface area contributed by atoms with Crippen LogP contribution in [0.1, 0.15) is 0 Å². The van der Waals surface area contributed by atoms with E-state index in [9.17, 15) is 5.21 Å². The molecule has 0 spiro atoms. The van der Waals surface area contributed by atoms with Crippen molar-refractivity contribution in [2.45, 2.75) is 0 Å². The van der Waals surface area contributed by atoms with E-state index in [4.69, 9.17) is 18.4 Å². The van der Waals surface area contributed by atoms with Gasteiger partial charge in [-0.3, -0.25) is 5.21 Å². The predicted molar refractivity (Wildman–Crippen MR) is 40.5 cm³/mol. The third kappa shape index (κ3) is 0.986. The quantitative estimate of drug-likeness (QED) is 0.643. The van der Waals surface area contributed by atoms with Crippen molar-refractivity contribution >= 4 is 11.2 Å². The van der Waals surface area contributed by atoms with Crippen LogP contribution in [-0.2, 0) is 0 Å². The lowest BCUT2D eigenvalue weighted by Gasteiger charge is -1.90. The average Bonchev–Trinajstić information content (AvgIpc) is 2.60. The minimum atomic E-state index is -0.0155. The summed E-state index contributed by atoms with van der Waals surface area (Å²) in [7, 11) is 2.81. The zero-order valence-corrected chi connectivity index (χ0v) is 7.07. The van der Waals surface area contributed by atoms with Gasteiger partial charge in [0.05, 0.1) is 19.1 Å². The number of methoxy groups -OCH3 is 2. The summed E-state index contributed by atoms with van der Waals surface area (Å²) < 4.78 is 19.4. The number of aromatic nitrogens is 1. The smallest absolute Gasteiger partial charge is 0.468 e. The van der Waals surface area contributed by atoms with E-state index in [1.807, 2.05) is 0 Å². The Labute approximate surface area is 72.8 Å². The molecule has 6 heteroatoms. The molecule has 2 aromatic rings. The minimum absolute atomic E-state index is 0.0155. The van der Waals surface area contributed by atoms with Gasteiger partial charge in [0.25, 0.3) is 11.5 Å². The van der Waals surface area contributed by atoms with Crippen LogP contribution in [0.4, 0.5) is 0 Å². The van der Waals surface area contributed by atoms with Crippen LogP contribution in [0.15, 0.2) is 15.0 Å². The highest BCUT2D eigenvalue weighted by Gasteiger charge is 2.22. The number of fused-ring (bicyclic) bond motifs is 1. The second kappa shape index (κ2) is 2.58. The molecule has 0 saturated heterocycles. The maximum Gasteiger partial charge on any atom is 0.471 e. The lowest BCUT2D eigenvalue weighted by Crippen LogP contribution is -2.24. The van der Waals surface area contributed by atoms with E-state index < -0.39 is 0 Å². The maximum atomic E-state index is 11.0. The summed E-state index contributed by atoms with van der Waals surface area (Å²) in [6.07, 6.45) is 0. The van der Waals surface area contributed by atoms with Gasteiger partial charge >= 0.3 is 5.88 Å². The molecular weight excluding hydrogens is 178 g/mol. The first-order valence-corrected chi connectivity index (χ1v) is 3.50. The molecule has 0 aromatic carbocycles. The van der Waals surface area contributed by atoms with Crippen molar-refractivity contribution in [1.82, 2.24) is 0 Å². The van der Waals surface area contributed by atoms with Gasteiger partial charge in [0.1, 0.15) is 5.58 Å². The van der Waals surface area contributed by atoms with E-state index in [0.717, 1.165) is 0 Å². The molecule has 0 amide bonds. The summed E-state index contributed by atoms with van der Waals surface area (Å²) in [5.74, 6) is 0.256. The first kappa shape index (κ1) is 7.78. The van der Waals surface area contributed by atoms with Crippen molar-refractivity contribution in [3.63, 3.8) is 0 Å². The van der Waals surface area contributed by atoms with Gasteiger partial charge in [0, 0.05) is 6.07 Å². The molecule has 0 fully saturated rings. The summed E-state index contributed by atoms with van der Waals surface area (Å²) >= 11 is 0. The number of ether oxygens (including phenoxy) is 2. The number of nitrogens with zero attached hydrogens (tertiary/aromatic N) is 1. The zero-order chi connectivity index (χ0) is 9.42. The molecule has 2 heterocycles. The Morgan fingerprint density at radius 2 is 2.15 bits per heavy atom. The molecule has 0 radical (unpaired) electrons. The second-order valence-corrected chi connectivity index (χ2v) is 2.32. The van der Waals surface area contributed by atoms with Crippen LogP contribution >= 0.6 is 0 Å². The molecule has 2 rings (SSSR count). The van der Waals surface area contributed by atoms with Crippen molar-refractivity contribution in [3.05, 3.63) is 11.3 Å². The lowest BCUT2D eigenvalue weighted by atomic mass is 10.5. The second-order valence-electron chi connectivity index (χ2n) is 2.32. The van der Waals surface area contributed by atoms with E-state index in [1.54, 1.807) is 0 Å². The fraction of sp³-hybridized carbons (Fsp3) is 0.286. The van der Waals surface area contributed by atoms with Gasteiger partial charge in [-0.2, -0.15) is 0 Å². The van der Waals surface area contributed by atoms with Gasteiger partial charge in [-0.25, -0.2) is 0 Å². The highest BCUT2D eigenvalue weighted by molar-refractivity contribution is 5.75. The summed E-state index contributed by atoms with van der Waals surface area (Å²) in [5, 5.41) is 11.0. The SMILES string of the molecule is COc1cc2o[n+]([O-])c(OC)c2o1. The molecule has 0 aliphatic heterocycles. The van der Waals surface area contributed by atoms with Gasteiger partial charge in [-0.15, -0.1) is 0 Å². The molecular formula is C7H7NO5. The number of hydrogen-bond acceptors (Lipinski definition) is 5. The normalized spacial score (nSPS) is 10.6. The Bertz CT molecular complexity index is 429. The molecule has 70 valence electrons. The third-order valence-corrected chi connectivity index (χ3v) is 1.61. The summed E-state index contributed by atoms with van der Waals surface area (Å²) in [6, 6.07) is 1.46. The topological polar surface area (TPSA) is 71.7 Å². The van der Waals surface area contributed by atoms with Gasteiger partial charge in [-0.05, 0) is 0 Å². The van der Waals surface area contributed by atoms with E-state index in [-0.39, 0.29) is 22.3 Å². The van der Waals surface area contributed by atoms with Gasteiger partial charge in [0.2, 0.25) is 0 Å². The van der Waals surface area contributed by atoms with Crippen LogP contribution in [0.25, 0.3) is 11.2 Å². The van der Waals surface area contributed by atoms with Crippen LogP contribution in [0.5, 0.6) is 11.8 Å². The summed E-state index contributed by atoms with van der Waals surface area (Å²) in [5.41, 5.74) is 0.540. The molecule has 0 N–H and O–H groups in total. The van der Waals surface area contributed by atoms with Crippen molar-refractivity contribution in [2.24, 2.45) is 0 Å². The fourth-order valence-corrected chi connectivity index (χ4v) is 1.05. The number of hydrogen-bond donors (Lipinski definition) is 0. The van der Waals surface area contributed by atoms with Gasteiger partial charge < -0.3 is 18.4 Å². The van der Waals surface area contributed by atoms with Crippen LogP contribution in [0.2, 0.25) is 0 Å². The Morgan fingerprint density at radius 1 is 1.38 bits per heavy atom. The Kier molecular flexibility index (Phi) is 1.54. The van der Waals surface area contributed by atoms with Crippen LogP contribution in [0, 0.1) is 5.21 Å². The minimum Gasteiger partial charge on any atom is -0.468 e. The number of furan rings is 1. The van der Waals surface area contributed by atoms with E-state index in [1.165, 1.54) is 20.3 Å². The standard InChI is InChI=1S/C7H7NO5/c1-10-5-3-4-6(12-5)7(11-2)8(9)13-4/h3H,1-2H3. The maximum absolute atomic E-state index is 11.0. The van der Waals surface area contributed by atoms with E-state index >= 15 is 0 Å². The molecule has 0 aliphatic carbocycles.